The lowest BCUT2D eigenvalue weighted by Gasteiger charge is -2.38. The Kier molecular flexibility index (Phi) is 3.43. The Bertz CT molecular complexity index is 396. The summed E-state index contributed by atoms with van der Waals surface area (Å²) in [5.41, 5.74) is 7.18. The summed E-state index contributed by atoms with van der Waals surface area (Å²) in [6.07, 6.45) is 5.33. The molecule has 0 atom stereocenters. The molecule has 0 spiro atoms. The molecule has 17 heavy (non-hydrogen) atoms. The van der Waals surface area contributed by atoms with Crippen LogP contribution in [0.25, 0.3) is 0 Å². The predicted octanol–water partition coefficient (Wildman–Crippen LogP) is 1.46. The molecule has 1 aromatic rings. The van der Waals surface area contributed by atoms with Gasteiger partial charge < -0.3 is 11.1 Å². The van der Waals surface area contributed by atoms with Crippen LogP contribution in [0.1, 0.15) is 42.2 Å². The second-order valence-corrected chi connectivity index (χ2v) is 5.10. The molecule has 1 heterocycles. The number of nitrogens with two attached hydrogens (primary N) is 1. The summed E-state index contributed by atoms with van der Waals surface area (Å²) < 4.78 is 0. The van der Waals surface area contributed by atoms with Crippen LogP contribution in [-0.4, -0.2) is 17.4 Å². The van der Waals surface area contributed by atoms with Crippen LogP contribution in [0.2, 0.25) is 0 Å². The van der Waals surface area contributed by atoms with Crippen LogP contribution in [0.4, 0.5) is 0 Å². The van der Waals surface area contributed by atoms with E-state index in [4.69, 9.17) is 5.73 Å². The number of aromatic nitrogens is 1. The van der Waals surface area contributed by atoms with Crippen molar-refractivity contribution >= 4 is 5.91 Å². The first-order valence-corrected chi connectivity index (χ1v) is 6.06. The second kappa shape index (κ2) is 4.84. The van der Waals surface area contributed by atoms with Crippen LogP contribution < -0.4 is 11.1 Å². The fraction of sp³-hybridized carbons (Fsp3) is 0.538. The zero-order valence-electron chi connectivity index (χ0n) is 10.2. The molecule has 0 radical (unpaired) electrons. The monoisotopic (exact) mass is 233 g/mol. The van der Waals surface area contributed by atoms with Crippen molar-refractivity contribution in [2.45, 2.75) is 32.7 Å². The van der Waals surface area contributed by atoms with E-state index in [-0.39, 0.29) is 5.91 Å². The lowest BCUT2D eigenvalue weighted by Crippen LogP contribution is -2.40. The fourth-order valence-corrected chi connectivity index (χ4v) is 2.02. The van der Waals surface area contributed by atoms with Crippen molar-refractivity contribution in [3.05, 3.63) is 29.6 Å². The van der Waals surface area contributed by atoms with Gasteiger partial charge in [0.05, 0.1) is 0 Å². The van der Waals surface area contributed by atoms with Crippen LogP contribution in [-0.2, 0) is 6.54 Å². The standard InChI is InChI=1S/C13H19N3O/c1-13(5-2-6-13)9-16-12(17)11-4-3-10(7-14)8-15-11/h3-4,8H,2,5-7,9,14H2,1H3,(H,16,17). The van der Waals surface area contributed by atoms with Gasteiger partial charge in [-0.25, -0.2) is 0 Å². The zero-order chi connectivity index (χ0) is 12.3. The van der Waals surface area contributed by atoms with E-state index in [2.05, 4.69) is 17.2 Å². The molecule has 1 amide bonds. The summed E-state index contributed by atoms with van der Waals surface area (Å²) in [4.78, 5) is 15.9. The Balaban J connectivity index is 1.90. The van der Waals surface area contributed by atoms with Gasteiger partial charge in [-0.15, -0.1) is 0 Å². The van der Waals surface area contributed by atoms with Gasteiger partial charge in [-0.2, -0.15) is 0 Å². The highest BCUT2D eigenvalue weighted by Gasteiger charge is 2.31. The maximum absolute atomic E-state index is 11.8. The Labute approximate surface area is 102 Å². The minimum absolute atomic E-state index is 0.0957. The molecule has 92 valence electrons. The smallest absolute Gasteiger partial charge is 0.269 e. The summed E-state index contributed by atoms with van der Waals surface area (Å²) in [6.45, 7) is 3.40. The molecule has 3 N–H and O–H groups in total. The summed E-state index contributed by atoms with van der Waals surface area (Å²) in [5.74, 6) is -0.0957. The van der Waals surface area contributed by atoms with E-state index in [9.17, 15) is 4.79 Å². The van der Waals surface area contributed by atoms with Crippen molar-refractivity contribution < 1.29 is 4.79 Å². The van der Waals surface area contributed by atoms with Crippen molar-refractivity contribution in [3.8, 4) is 0 Å². The third-order valence-electron chi connectivity index (χ3n) is 3.53. The first-order chi connectivity index (χ1) is 8.13. The van der Waals surface area contributed by atoms with Crippen molar-refractivity contribution in [2.75, 3.05) is 6.54 Å². The van der Waals surface area contributed by atoms with Gasteiger partial charge in [0.2, 0.25) is 0 Å². The highest BCUT2D eigenvalue weighted by atomic mass is 16.1. The largest absolute Gasteiger partial charge is 0.350 e. The van der Waals surface area contributed by atoms with E-state index in [0.29, 0.717) is 17.7 Å². The summed E-state index contributed by atoms with van der Waals surface area (Å²) >= 11 is 0. The van der Waals surface area contributed by atoms with E-state index in [1.165, 1.54) is 19.3 Å². The minimum atomic E-state index is -0.0957. The Hall–Kier alpha value is -1.42. The molecule has 1 aliphatic rings. The van der Waals surface area contributed by atoms with E-state index in [0.717, 1.165) is 12.1 Å². The number of carbonyl (C=O) groups excluding carboxylic acids is 1. The molecule has 1 saturated carbocycles. The molecular formula is C13H19N3O. The fourth-order valence-electron chi connectivity index (χ4n) is 2.02. The number of carbonyl (C=O) groups is 1. The number of pyridine rings is 1. The van der Waals surface area contributed by atoms with Crippen molar-refractivity contribution in [1.82, 2.24) is 10.3 Å². The molecule has 4 nitrogen and oxygen atoms in total. The molecule has 2 rings (SSSR count). The highest BCUT2D eigenvalue weighted by molar-refractivity contribution is 5.92. The third-order valence-corrected chi connectivity index (χ3v) is 3.53. The lowest BCUT2D eigenvalue weighted by molar-refractivity contribution is 0.0886. The second-order valence-electron chi connectivity index (χ2n) is 5.10. The maximum Gasteiger partial charge on any atom is 0.269 e. The van der Waals surface area contributed by atoms with Gasteiger partial charge in [-0.3, -0.25) is 9.78 Å². The number of amides is 1. The Morgan fingerprint density at radius 1 is 1.53 bits per heavy atom. The molecule has 0 saturated heterocycles. The van der Waals surface area contributed by atoms with Gasteiger partial charge in [0.1, 0.15) is 5.69 Å². The molecule has 4 heteroatoms. The zero-order valence-corrected chi connectivity index (χ0v) is 10.2. The van der Waals surface area contributed by atoms with Crippen LogP contribution in [0.5, 0.6) is 0 Å². The number of hydrogen-bond acceptors (Lipinski definition) is 3. The third kappa shape index (κ3) is 2.82. The normalized spacial score (nSPS) is 17.3. The van der Waals surface area contributed by atoms with E-state index in [1.54, 1.807) is 12.3 Å². The number of hydrogen-bond donors (Lipinski definition) is 2. The van der Waals surface area contributed by atoms with Gasteiger partial charge in [0.25, 0.3) is 5.91 Å². The van der Waals surface area contributed by atoms with Crippen molar-refractivity contribution in [3.63, 3.8) is 0 Å². The molecule has 1 aromatic heterocycles. The predicted molar refractivity (Wildman–Crippen MR) is 66.4 cm³/mol. The molecule has 0 bridgehead atoms. The number of nitrogens with one attached hydrogen (secondary N) is 1. The lowest BCUT2D eigenvalue weighted by atomic mass is 9.70. The van der Waals surface area contributed by atoms with Crippen molar-refractivity contribution in [1.29, 1.82) is 0 Å². The summed E-state index contributed by atoms with van der Waals surface area (Å²) in [6, 6.07) is 3.56. The number of rotatable bonds is 4. The van der Waals surface area contributed by atoms with Crippen LogP contribution >= 0.6 is 0 Å². The van der Waals surface area contributed by atoms with E-state index < -0.39 is 0 Å². The van der Waals surface area contributed by atoms with Gasteiger partial charge >= 0.3 is 0 Å². The summed E-state index contributed by atoms with van der Waals surface area (Å²) in [5, 5.41) is 2.95. The van der Waals surface area contributed by atoms with Crippen molar-refractivity contribution in [2.24, 2.45) is 11.1 Å². The molecule has 1 aliphatic carbocycles. The summed E-state index contributed by atoms with van der Waals surface area (Å²) in [7, 11) is 0. The topological polar surface area (TPSA) is 68.0 Å². The molecule has 0 aliphatic heterocycles. The van der Waals surface area contributed by atoms with Crippen LogP contribution in [0, 0.1) is 5.41 Å². The van der Waals surface area contributed by atoms with Gasteiger partial charge in [0.15, 0.2) is 0 Å². The molecule has 0 unspecified atom stereocenters. The average molecular weight is 233 g/mol. The Morgan fingerprint density at radius 2 is 2.29 bits per heavy atom. The van der Waals surface area contributed by atoms with Gasteiger partial charge in [0, 0.05) is 19.3 Å². The van der Waals surface area contributed by atoms with Gasteiger partial charge in [-0.05, 0) is 29.9 Å². The van der Waals surface area contributed by atoms with E-state index >= 15 is 0 Å². The first-order valence-electron chi connectivity index (χ1n) is 6.06. The average Bonchev–Trinajstić information content (AvgIpc) is 2.33. The Morgan fingerprint density at radius 3 is 2.76 bits per heavy atom. The highest BCUT2D eigenvalue weighted by Crippen LogP contribution is 2.39. The first kappa shape index (κ1) is 12.0. The molecule has 1 fully saturated rings. The quantitative estimate of drug-likeness (QED) is 0.827. The van der Waals surface area contributed by atoms with Gasteiger partial charge in [-0.1, -0.05) is 19.4 Å². The molecule has 0 aromatic carbocycles. The van der Waals surface area contributed by atoms with Crippen LogP contribution in [0.15, 0.2) is 18.3 Å². The SMILES string of the molecule is CC1(CNC(=O)c2ccc(CN)cn2)CCC1. The van der Waals surface area contributed by atoms with E-state index in [1.807, 2.05) is 6.07 Å². The molecular weight excluding hydrogens is 214 g/mol. The van der Waals surface area contributed by atoms with Crippen LogP contribution in [0.3, 0.4) is 0 Å². The minimum Gasteiger partial charge on any atom is -0.350 e. The number of nitrogens with zero attached hydrogens (tertiary/aromatic N) is 1. The maximum atomic E-state index is 11.8.